The molecule has 2 aromatic carbocycles. The third kappa shape index (κ3) is 4.13. The van der Waals surface area contributed by atoms with Gasteiger partial charge < -0.3 is 16.0 Å². The van der Waals surface area contributed by atoms with E-state index in [2.05, 4.69) is 5.32 Å². The number of hydrogen-bond donors (Lipinski definition) is 2. The van der Waals surface area contributed by atoms with Crippen LogP contribution in [0.2, 0.25) is 10.0 Å². The molecule has 0 heterocycles. The van der Waals surface area contributed by atoms with Gasteiger partial charge in [-0.25, -0.2) is 0 Å². The van der Waals surface area contributed by atoms with Gasteiger partial charge in [-0.15, -0.1) is 0 Å². The number of carbonyl (C=O) groups is 2. The van der Waals surface area contributed by atoms with Crippen LogP contribution >= 0.6 is 23.2 Å². The first-order chi connectivity index (χ1) is 12.1. The molecule has 0 aliphatic carbocycles. The molecule has 11 heteroatoms. The monoisotopic (exact) mass is 410 g/mol. The van der Waals surface area contributed by atoms with E-state index in [0.717, 1.165) is 12.1 Å². The van der Waals surface area contributed by atoms with Gasteiger partial charge in [0.2, 0.25) is 0 Å². The zero-order valence-corrected chi connectivity index (χ0v) is 14.0. The van der Waals surface area contributed by atoms with Crippen molar-refractivity contribution in [1.29, 1.82) is 0 Å². The molecule has 2 rings (SSSR count). The van der Waals surface area contributed by atoms with Crippen molar-refractivity contribution in [1.82, 2.24) is 0 Å². The van der Waals surface area contributed by atoms with Gasteiger partial charge in [-0.1, -0.05) is 29.3 Å². The summed E-state index contributed by atoms with van der Waals surface area (Å²) in [6, 6.07) is 4.85. The van der Waals surface area contributed by atoms with Crippen molar-refractivity contribution in [2.24, 2.45) is 0 Å². The van der Waals surface area contributed by atoms with Gasteiger partial charge in [-0.05, 0) is 18.2 Å². The number of benzene rings is 2. The molecule has 0 saturated heterocycles. The summed E-state index contributed by atoms with van der Waals surface area (Å²) in [6.07, 6.45) is -5.13. The van der Waals surface area contributed by atoms with E-state index in [1.807, 2.05) is 0 Å². The predicted octanol–water partition coefficient (Wildman–Crippen LogP) is 3.82. The summed E-state index contributed by atoms with van der Waals surface area (Å²) in [6.45, 7) is 0. The Morgan fingerprint density at radius 2 is 1.69 bits per heavy atom. The van der Waals surface area contributed by atoms with Gasteiger partial charge in [-0.3, -0.25) is 9.59 Å². The van der Waals surface area contributed by atoms with Crippen LogP contribution in [0.4, 0.5) is 28.9 Å². The van der Waals surface area contributed by atoms with E-state index in [1.165, 1.54) is 6.07 Å². The van der Waals surface area contributed by atoms with Gasteiger partial charge in [0.05, 0.1) is 21.3 Å². The number of halogens is 6. The van der Waals surface area contributed by atoms with Crippen LogP contribution in [0, 0.1) is 11.0 Å². The van der Waals surface area contributed by atoms with Crippen LogP contribution in [0.1, 0.15) is 20.7 Å². The van der Waals surface area contributed by atoms with E-state index < -0.39 is 44.9 Å². The molecule has 0 bridgehead atoms. The molecular weight excluding hydrogens is 403 g/mol. The highest BCUT2D eigenvalue weighted by Gasteiger charge is 2.39. The first-order valence-electron chi connectivity index (χ1n) is 6.72. The van der Waals surface area contributed by atoms with Crippen LogP contribution in [0.5, 0.6) is 0 Å². The van der Waals surface area contributed by atoms with Gasteiger partial charge in [-0.2, -0.15) is 17.6 Å². The lowest BCUT2D eigenvalue weighted by molar-refractivity contribution is -0.499. The number of carbonyl (C=O) groups excluding carboxylic acids is 2. The Balaban J connectivity index is 2.36. The fraction of sp³-hybridized carbons (Fsp3) is 0.0667. The predicted molar refractivity (Wildman–Crippen MR) is 86.2 cm³/mol. The molecule has 0 aromatic heterocycles. The first-order valence-corrected chi connectivity index (χ1v) is 7.47. The highest BCUT2D eigenvalue weighted by molar-refractivity contribution is 6.40. The molecule has 0 fully saturated rings. The summed E-state index contributed by atoms with van der Waals surface area (Å²) in [7, 11) is 0. The SMILES string of the molecule is O=C(Nc1c(Cl)cc(C(=O)C(F)(F)F)cc1Cl)c1cccc([NH2+][O-])c1F. The molecule has 3 N–H and O–H groups in total. The van der Waals surface area contributed by atoms with E-state index >= 15 is 0 Å². The fourth-order valence-electron chi connectivity index (χ4n) is 1.98. The quantitative estimate of drug-likeness (QED) is 0.347. The standard InChI is InChI=1S/C15H8Cl2F4N2O3/c16-8-4-6(13(24)15(19,20)21)5-9(17)12(8)22-14(25)7-2-1-3-10(23-26)11(7)18/h1-5H,23H2,(H,22,25). The van der Waals surface area contributed by atoms with Crippen molar-refractivity contribution in [3.63, 3.8) is 0 Å². The number of alkyl halides is 3. The number of hydrogen-bond acceptors (Lipinski definition) is 3. The van der Waals surface area contributed by atoms with E-state index in [9.17, 15) is 32.4 Å². The Hall–Kier alpha value is -2.20. The van der Waals surface area contributed by atoms with Crippen LogP contribution < -0.4 is 10.8 Å². The molecule has 0 spiro atoms. The summed E-state index contributed by atoms with van der Waals surface area (Å²) in [4.78, 5) is 23.4. The van der Waals surface area contributed by atoms with Crippen LogP contribution in [0.3, 0.4) is 0 Å². The lowest BCUT2D eigenvalue weighted by Crippen LogP contribution is -2.70. The molecule has 0 radical (unpaired) electrons. The minimum absolute atomic E-state index is 0.212. The minimum atomic E-state index is -5.13. The zero-order valence-electron chi connectivity index (χ0n) is 12.5. The minimum Gasteiger partial charge on any atom is -0.630 e. The molecule has 5 nitrogen and oxygen atoms in total. The lowest BCUT2D eigenvalue weighted by atomic mass is 10.1. The Kier molecular flexibility index (Phi) is 5.87. The number of anilines is 1. The summed E-state index contributed by atoms with van der Waals surface area (Å²) in [5.41, 5.74) is -1.78. The molecule has 138 valence electrons. The second-order valence-electron chi connectivity index (χ2n) is 4.92. The lowest BCUT2D eigenvalue weighted by Gasteiger charge is -2.13. The van der Waals surface area contributed by atoms with Gasteiger partial charge in [0.25, 0.3) is 11.7 Å². The average molecular weight is 411 g/mol. The number of nitrogens with two attached hydrogens (primary N) is 1. The van der Waals surface area contributed by atoms with Crippen molar-refractivity contribution >= 4 is 46.3 Å². The molecule has 0 saturated carbocycles. The number of nitrogens with one attached hydrogen (secondary N) is 1. The maximum Gasteiger partial charge on any atom is 0.454 e. The number of rotatable bonds is 4. The van der Waals surface area contributed by atoms with Gasteiger partial charge in [0, 0.05) is 11.6 Å². The number of quaternary nitrogens is 1. The van der Waals surface area contributed by atoms with E-state index in [4.69, 9.17) is 23.2 Å². The molecule has 1 amide bonds. The van der Waals surface area contributed by atoms with Crippen LogP contribution in [-0.4, -0.2) is 17.9 Å². The third-order valence-corrected chi connectivity index (χ3v) is 3.80. The summed E-state index contributed by atoms with van der Waals surface area (Å²) >= 11 is 11.6. The highest BCUT2D eigenvalue weighted by atomic mass is 35.5. The molecule has 0 atom stereocenters. The van der Waals surface area contributed by atoms with Gasteiger partial charge in [0.1, 0.15) is 0 Å². The van der Waals surface area contributed by atoms with E-state index in [0.29, 0.717) is 12.1 Å². The molecule has 2 aromatic rings. The number of amides is 1. The zero-order chi connectivity index (χ0) is 19.6. The molecule has 0 unspecified atom stereocenters. The first kappa shape index (κ1) is 20.1. The third-order valence-electron chi connectivity index (χ3n) is 3.20. The molecular formula is C15H8Cl2F4N2O3. The van der Waals surface area contributed by atoms with E-state index in [-0.39, 0.29) is 16.9 Å². The van der Waals surface area contributed by atoms with Gasteiger partial charge in [0.15, 0.2) is 11.5 Å². The average Bonchev–Trinajstić information content (AvgIpc) is 2.56. The summed E-state index contributed by atoms with van der Waals surface area (Å²) < 4.78 is 51.4. The Morgan fingerprint density at radius 3 is 2.19 bits per heavy atom. The number of Topliss-reactive ketones (excluding diaryl/α,β-unsaturated/α-hetero) is 1. The summed E-state index contributed by atoms with van der Waals surface area (Å²) in [5.74, 6) is -4.29. The van der Waals surface area contributed by atoms with Crippen molar-refractivity contribution in [2.75, 3.05) is 5.32 Å². The number of ketones is 1. The fourth-order valence-corrected chi connectivity index (χ4v) is 2.57. The largest absolute Gasteiger partial charge is 0.630 e. The Labute approximate surface area is 153 Å². The van der Waals surface area contributed by atoms with E-state index in [1.54, 1.807) is 0 Å². The maximum atomic E-state index is 14.0. The summed E-state index contributed by atoms with van der Waals surface area (Å²) in [5, 5.41) is 11.9. The van der Waals surface area contributed by atoms with Crippen LogP contribution in [0.15, 0.2) is 30.3 Å². The van der Waals surface area contributed by atoms with Crippen molar-refractivity contribution in [2.45, 2.75) is 6.18 Å². The van der Waals surface area contributed by atoms with Crippen LogP contribution in [-0.2, 0) is 0 Å². The van der Waals surface area contributed by atoms with Gasteiger partial charge >= 0.3 is 6.18 Å². The second kappa shape index (κ2) is 7.58. The second-order valence-corrected chi connectivity index (χ2v) is 5.74. The van der Waals surface area contributed by atoms with Crippen molar-refractivity contribution in [3.05, 3.63) is 62.5 Å². The molecule has 0 aliphatic rings. The normalized spacial score (nSPS) is 11.3. The molecule has 26 heavy (non-hydrogen) atoms. The smallest absolute Gasteiger partial charge is 0.454 e. The van der Waals surface area contributed by atoms with Crippen molar-refractivity contribution < 1.29 is 32.6 Å². The maximum absolute atomic E-state index is 14.0. The Morgan fingerprint density at radius 1 is 1.12 bits per heavy atom. The topological polar surface area (TPSA) is 85.8 Å². The Bertz CT molecular complexity index is 865. The van der Waals surface area contributed by atoms with Crippen molar-refractivity contribution in [3.8, 4) is 0 Å². The highest BCUT2D eigenvalue weighted by Crippen LogP contribution is 2.34. The van der Waals surface area contributed by atoms with Crippen LogP contribution in [0.25, 0.3) is 0 Å². The molecule has 0 aliphatic heterocycles.